The number of halogens is 1. The zero-order valence-electron chi connectivity index (χ0n) is 18.8. The number of benzene rings is 3. The second-order valence-corrected chi connectivity index (χ2v) is 8.06. The first kappa shape index (κ1) is 23.4. The SMILES string of the molecule is CCOc1ccc(CC(=O)Nc2ccc3c(c2)N(CCOc2ccc(Cl)cc2)C(=O)CO3)cc1. The maximum atomic E-state index is 12.6. The van der Waals surface area contributed by atoms with Gasteiger partial charge in [0, 0.05) is 10.7 Å². The van der Waals surface area contributed by atoms with Crippen LogP contribution in [0.15, 0.2) is 66.7 Å². The van der Waals surface area contributed by atoms with Crippen LogP contribution in [-0.2, 0) is 16.0 Å². The predicted octanol–water partition coefficient (Wildman–Crippen LogP) is 4.72. The topological polar surface area (TPSA) is 77.1 Å². The first-order valence-electron chi connectivity index (χ1n) is 11.0. The van der Waals surface area contributed by atoms with Crippen molar-refractivity contribution in [3.05, 3.63) is 77.3 Å². The van der Waals surface area contributed by atoms with Crippen molar-refractivity contribution in [1.82, 2.24) is 0 Å². The van der Waals surface area contributed by atoms with Gasteiger partial charge in [0.2, 0.25) is 5.91 Å². The molecule has 3 aromatic rings. The molecule has 34 heavy (non-hydrogen) atoms. The van der Waals surface area contributed by atoms with E-state index in [2.05, 4.69) is 5.32 Å². The van der Waals surface area contributed by atoms with Crippen molar-refractivity contribution in [3.63, 3.8) is 0 Å². The lowest BCUT2D eigenvalue weighted by atomic mass is 10.1. The van der Waals surface area contributed by atoms with E-state index in [1.165, 1.54) is 0 Å². The highest BCUT2D eigenvalue weighted by Crippen LogP contribution is 2.34. The van der Waals surface area contributed by atoms with Crippen LogP contribution in [0.4, 0.5) is 11.4 Å². The number of hydrogen-bond donors (Lipinski definition) is 1. The minimum atomic E-state index is -0.176. The maximum absolute atomic E-state index is 12.6. The summed E-state index contributed by atoms with van der Waals surface area (Å²) in [5, 5.41) is 3.52. The highest BCUT2D eigenvalue weighted by Gasteiger charge is 2.26. The van der Waals surface area contributed by atoms with Gasteiger partial charge in [-0.05, 0) is 67.1 Å². The second kappa shape index (κ2) is 10.9. The predicted molar refractivity (Wildman–Crippen MR) is 131 cm³/mol. The zero-order valence-corrected chi connectivity index (χ0v) is 19.5. The summed E-state index contributed by atoms with van der Waals surface area (Å²) in [5.74, 6) is 1.68. The summed E-state index contributed by atoms with van der Waals surface area (Å²) in [7, 11) is 0. The van der Waals surface area contributed by atoms with Gasteiger partial charge >= 0.3 is 0 Å². The highest BCUT2D eigenvalue weighted by atomic mass is 35.5. The number of nitrogens with zero attached hydrogens (tertiary/aromatic N) is 1. The lowest BCUT2D eigenvalue weighted by Gasteiger charge is -2.29. The third-order valence-corrected chi connectivity index (χ3v) is 5.43. The molecule has 0 aliphatic carbocycles. The van der Waals surface area contributed by atoms with Crippen molar-refractivity contribution >= 4 is 34.8 Å². The van der Waals surface area contributed by atoms with Gasteiger partial charge in [-0.15, -0.1) is 0 Å². The molecular weight excluding hydrogens is 456 g/mol. The van der Waals surface area contributed by atoms with E-state index in [1.807, 2.05) is 31.2 Å². The van der Waals surface area contributed by atoms with Crippen molar-refractivity contribution in [2.24, 2.45) is 0 Å². The number of amides is 2. The Morgan fingerprint density at radius 1 is 1.03 bits per heavy atom. The van der Waals surface area contributed by atoms with Gasteiger partial charge in [0.05, 0.1) is 25.3 Å². The van der Waals surface area contributed by atoms with Gasteiger partial charge in [-0.25, -0.2) is 0 Å². The smallest absolute Gasteiger partial charge is 0.265 e. The van der Waals surface area contributed by atoms with Crippen LogP contribution in [0.25, 0.3) is 0 Å². The fraction of sp³-hybridized carbons (Fsp3) is 0.231. The summed E-state index contributed by atoms with van der Waals surface area (Å²) in [5.41, 5.74) is 2.05. The average molecular weight is 481 g/mol. The van der Waals surface area contributed by atoms with Crippen LogP contribution in [0, 0.1) is 0 Å². The summed E-state index contributed by atoms with van der Waals surface area (Å²) in [6.07, 6.45) is 0.220. The summed E-state index contributed by atoms with van der Waals surface area (Å²) in [4.78, 5) is 26.7. The first-order chi connectivity index (χ1) is 16.5. The van der Waals surface area contributed by atoms with E-state index in [0.717, 1.165) is 11.3 Å². The minimum absolute atomic E-state index is 0.0443. The van der Waals surface area contributed by atoms with Gasteiger partial charge in [-0.3, -0.25) is 9.59 Å². The molecule has 1 N–H and O–H groups in total. The highest BCUT2D eigenvalue weighted by molar-refractivity contribution is 6.30. The van der Waals surface area contributed by atoms with E-state index in [4.69, 9.17) is 25.8 Å². The molecule has 7 nitrogen and oxygen atoms in total. The molecular formula is C26H25ClN2O5. The number of carbonyl (C=O) groups excluding carboxylic acids is 2. The van der Waals surface area contributed by atoms with E-state index in [1.54, 1.807) is 47.4 Å². The van der Waals surface area contributed by atoms with E-state index in [9.17, 15) is 9.59 Å². The molecule has 8 heteroatoms. The van der Waals surface area contributed by atoms with Gasteiger partial charge in [0.15, 0.2) is 6.61 Å². The Labute approximate surface area is 203 Å². The molecule has 0 aromatic heterocycles. The van der Waals surface area contributed by atoms with Crippen LogP contribution >= 0.6 is 11.6 Å². The molecule has 0 atom stereocenters. The Morgan fingerprint density at radius 2 is 1.74 bits per heavy atom. The Bertz CT molecular complexity index is 1150. The fourth-order valence-corrected chi connectivity index (χ4v) is 3.70. The Morgan fingerprint density at radius 3 is 2.47 bits per heavy atom. The zero-order chi connectivity index (χ0) is 23.9. The Hall–Kier alpha value is -3.71. The summed E-state index contributed by atoms with van der Waals surface area (Å²) in [6, 6.07) is 19.7. The van der Waals surface area contributed by atoms with Crippen LogP contribution in [-0.4, -0.2) is 38.2 Å². The summed E-state index contributed by atoms with van der Waals surface area (Å²) >= 11 is 5.90. The van der Waals surface area contributed by atoms with E-state index in [0.29, 0.717) is 47.7 Å². The van der Waals surface area contributed by atoms with Crippen LogP contribution in [0.1, 0.15) is 12.5 Å². The molecule has 0 spiro atoms. The normalized spacial score (nSPS) is 12.5. The lowest BCUT2D eigenvalue weighted by molar-refractivity contribution is -0.121. The molecule has 0 unspecified atom stereocenters. The van der Waals surface area contributed by atoms with Crippen LogP contribution in [0.5, 0.6) is 17.2 Å². The Balaban J connectivity index is 1.39. The number of carbonyl (C=O) groups is 2. The van der Waals surface area contributed by atoms with Crippen molar-refractivity contribution < 1.29 is 23.8 Å². The van der Waals surface area contributed by atoms with Gasteiger partial charge in [0.1, 0.15) is 23.9 Å². The molecule has 4 rings (SSSR count). The largest absolute Gasteiger partial charge is 0.494 e. The van der Waals surface area contributed by atoms with Crippen molar-refractivity contribution in [1.29, 1.82) is 0 Å². The fourth-order valence-electron chi connectivity index (χ4n) is 3.57. The average Bonchev–Trinajstić information content (AvgIpc) is 2.83. The number of ether oxygens (including phenoxy) is 3. The van der Waals surface area contributed by atoms with Crippen LogP contribution < -0.4 is 24.4 Å². The first-order valence-corrected chi connectivity index (χ1v) is 11.4. The molecule has 0 bridgehead atoms. The number of fused-ring (bicyclic) bond motifs is 1. The quantitative estimate of drug-likeness (QED) is 0.479. The van der Waals surface area contributed by atoms with E-state index < -0.39 is 0 Å². The van der Waals surface area contributed by atoms with Crippen molar-refractivity contribution in [2.45, 2.75) is 13.3 Å². The third-order valence-electron chi connectivity index (χ3n) is 5.18. The number of rotatable bonds is 9. The molecule has 1 heterocycles. The molecule has 176 valence electrons. The third kappa shape index (κ3) is 5.99. The van der Waals surface area contributed by atoms with Crippen LogP contribution in [0.3, 0.4) is 0 Å². The summed E-state index contributed by atoms with van der Waals surface area (Å²) in [6.45, 7) is 3.10. The second-order valence-electron chi connectivity index (χ2n) is 7.62. The standard InChI is InChI=1S/C26H25ClN2O5/c1-2-32-21-8-3-18(4-9-21)15-25(30)28-20-7-12-24-23(16-20)29(26(31)17-34-24)13-14-33-22-10-5-19(27)6-11-22/h3-12,16H,2,13-15,17H2,1H3,(H,28,30). The molecule has 3 aromatic carbocycles. The van der Waals surface area contributed by atoms with Gasteiger partial charge in [-0.2, -0.15) is 0 Å². The van der Waals surface area contributed by atoms with E-state index >= 15 is 0 Å². The summed E-state index contributed by atoms with van der Waals surface area (Å²) < 4.78 is 16.7. The molecule has 1 aliphatic rings. The molecule has 0 saturated carbocycles. The lowest BCUT2D eigenvalue weighted by Crippen LogP contribution is -2.41. The van der Waals surface area contributed by atoms with Crippen molar-refractivity contribution in [3.8, 4) is 17.2 Å². The maximum Gasteiger partial charge on any atom is 0.265 e. The van der Waals surface area contributed by atoms with Gasteiger partial charge in [0.25, 0.3) is 5.91 Å². The van der Waals surface area contributed by atoms with E-state index in [-0.39, 0.29) is 24.8 Å². The minimum Gasteiger partial charge on any atom is -0.494 e. The van der Waals surface area contributed by atoms with Crippen molar-refractivity contribution in [2.75, 3.05) is 36.6 Å². The number of hydrogen-bond acceptors (Lipinski definition) is 5. The molecule has 0 saturated heterocycles. The Kier molecular flexibility index (Phi) is 7.54. The van der Waals surface area contributed by atoms with Crippen LogP contribution in [0.2, 0.25) is 5.02 Å². The molecule has 0 fully saturated rings. The van der Waals surface area contributed by atoms with Gasteiger partial charge in [-0.1, -0.05) is 23.7 Å². The molecule has 1 aliphatic heterocycles. The molecule has 0 radical (unpaired) electrons. The molecule has 2 amide bonds. The van der Waals surface area contributed by atoms with Gasteiger partial charge < -0.3 is 24.4 Å². The monoisotopic (exact) mass is 480 g/mol. The number of nitrogens with one attached hydrogen (secondary N) is 1. The number of anilines is 2.